The summed E-state index contributed by atoms with van der Waals surface area (Å²) in [7, 11) is 0. The fourth-order valence-electron chi connectivity index (χ4n) is 1.54. The van der Waals surface area contributed by atoms with E-state index in [1.54, 1.807) is 0 Å². The number of nitrogens with zero attached hydrogens (tertiary/aromatic N) is 1. The van der Waals surface area contributed by atoms with Gasteiger partial charge >= 0.3 is 0 Å². The van der Waals surface area contributed by atoms with Crippen LogP contribution in [0.3, 0.4) is 0 Å². The number of hydrogen-bond donors (Lipinski definition) is 1. The van der Waals surface area contributed by atoms with Gasteiger partial charge in [0.25, 0.3) is 0 Å². The molecule has 0 aromatic heterocycles. The smallest absolute Gasteiger partial charge is 0.0621 e. The molecule has 0 saturated heterocycles. The number of nitriles is 1. The van der Waals surface area contributed by atoms with E-state index >= 15 is 0 Å². The minimum absolute atomic E-state index is 0.361. The predicted octanol–water partition coefficient (Wildman–Crippen LogP) is 3.79. The molecule has 0 spiro atoms. The molecule has 1 N–H and O–H groups in total. The molecule has 0 aliphatic heterocycles. The Morgan fingerprint density at radius 2 is 2.25 bits per heavy atom. The van der Waals surface area contributed by atoms with Crippen molar-refractivity contribution >= 4 is 15.9 Å². The second-order valence-electron chi connectivity index (χ2n) is 3.85. The van der Waals surface area contributed by atoms with Crippen LogP contribution in [0.4, 0.5) is 0 Å². The van der Waals surface area contributed by atoms with Crippen molar-refractivity contribution in [3.63, 3.8) is 0 Å². The van der Waals surface area contributed by atoms with E-state index in [0.29, 0.717) is 12.5 Å². The summed E-state index contributed by atoms with van der Waals surface area (Å²) in [4.78, 5) is 0. The Morgan fingerprint density at radius 1 is 1.44 bits per heavy atom. The van der Waals surface area contributed by atoms with Crippen LogP contribution >= 0.6 is 15.9 Å². The second-order valence-corrected chi connectivity index (χ2v) is 4.76. The maximum absolute atomic E-state index is 8.41. The number of nitrogens with one attached hydrogen (secondary N) is 1. The first kappa shape index (κ1) is 13.2. The lowest BCUT2D eigenvalue weighted by Crippen LogP contribution is -2.19. The molecule has 0 radical (unpaired) electrons. The van der Waals surface area contributed by atoms with E-state index in [2.05, 4.69) is 46.4 Å². The summed E-state index contributed by atoms with van der Waals surface area (Å²) < 4.78 is 1.11. The van der Waals surface area contributed by atoms with Crippen molar-refractivity contribution in [1.29, 1.82) is 5.26 Å². The Hall–Kier alpha value is -0.850. The van der Waals surface area contributed by atoms with Gasteiger partial charge in [0.05, 0.1) is 6.07 Å². The fourth-order valence-corrected chi connectivity index (χ4v) is 1.96. The Kier molecular flexibility index (Phi) is 6.14. The molecule has 1 atom stereocenters. The molecule has 2 nitrogen and oxygen atoms in total. The van der Waals surface area contributed by atoms with E-state index in [-0.39, 0.29) is 0 Å². The summed E-state index contributed by atoms with van der Waals surface area (Å²) in [6.45, 7) is 3.13. The molecule has 0 heterocycles. The molecule has 0 amide bonds. The topological polar surface area (TPSA) is 35.8 Å². The van der Waals surface area contributed by atoms with Gasteiger partial charge in [-0.15, -0.1) is 0 Å². The van der Waals surface area contributed by atoms with Crippen molar-refractivity contribution in [3.8, 4) is 6.07 Å². The zero-order valence-electron chi connectivity index (χ0n) is 9.54. The lowest BCUT2D eigenvalue weighted by atomic mass is 10.1. The van der Waals surface area contributed by atoms with Crippen molar-refractivity contribution in [3.05, 3.63) is 34.3 Å². The maximum Gasteiger partial charge on any atom is 0.0621 e. The molecule has 1 aromatic carbocycles. The van der Waals surface area contributed by atoms with Gasteiger partial charge in [0, 0.05) is 16.9 Å². The lowest BCUT2D eigenvalue weighted by Gasteiger charge is -2.14. The van der Waals surface area contributed by atoms with Crippen LogP contribution in [0, 0.1) is 11.3 Å². The van der Waals surface area contributed by atoms with E-state index in [1.165, 1.54) is 5.56 Å². The van der Waals surface area contributed by atoms with Crippen LogP contribution in [0.2, 0.25) is 0 Å². The molecule has 0 fully saturated rings. The van der Waals surface area contributed by atoms with E-state index in [1.807, 2.05) is 12.1 Å². The van der Waals surface area contributed by atoms with Crippen LogP contribution in [0.25, 0.3) is 0 Å². The van der Waals surface area contributed by atoms with Gasteiger partial charge in [0.2, 0.25) is 0 Å². The minimum Gasteiger partial charge on any atom is -0.310 e. The first-order valence-corrected chi connectivity index (χ1v) is 6.39. The summed E-state index contributed by atoms with van der Waals surface area (Å²) >= 11 is 3.47. The van der Waals surface area contributed by atoms with Crippen molar-refractivity contribution in [2.24, 2.45) is 0 Å². The van der Waals surface area contributed by atoms with Gasteiger partial charge in [0.15, 0.2) is 0 Å². The SMILES string of the molecule is CC(NCCCCC#N)c1cccc(Br)c1. The third kappa shape index (κ3) is 4.78. The number of hydrogen-bond acceptors (Lipinski definition) is 2. The molecule has 86 valence electrons. The van der Waals surface area contributed by atoms with E-state index in [0.717, 1.165) is 23.9 Å². The Labute approximate surface area is 106 Å². The summed E-state index contributed by atoms with van der Waals surface area (Å²) in [5.74, 6) is 0. The zero-order chi connectivity index (χ0) is 11.8. The Balaban J connectivity index is 2.30. The van der Waals surface area contributed by atoms with Crippen molar-refractivity contribution in [1.82, 2.24) is 5.32 Å². The Bertz CT molecular complexity index is 357. The largest absolute Gasteiger partial charge is 0.310 e. The Morgan fingerprint density at radius 3 is 2.94 bits per heavy atom. The van der Waals surface area contributed by atoms with Crippen LogP contribution < -0.4 is 5.32 Å². The summed E-state index contributed by atoms with van der Waals surface area (Å²) in [5.41, 5.74) is 1.29. The second kappa shape index (κ2) is 7.43. The van der Waals surface area contributed by atoms with Gasteiger partial charge < -0.3 is 5.32 Å². The number of unbranched alkanes of at least 4 members (excludes halogenated alkanes) is 2. The van der Waals surface area contributed by atoms with Crippen LogP contribution in [0.5, 0.6) is 0 Å². The number of rotatable bonds is 6. The van der Waals surface area contributed by atoms with E-state index in [9.17, 15) is 0 Å². The average Bonchev–Trinajstić information content (AvgIpc) is 2.28. The van der Waals surface area contributed by atoms with Crippen LogP contribution in [0.1, 0.15) is 37.8 Å². The van der Waals surface area contributed by atoms with E-state index < -0.39 is 0 Å². The average molecular weight is 281 g/mol. The quantitative estimate of drug-likeness (QED) is 0.805. The molecular formula is C13H17BrN2. The molecule has 16 heavy (non-hydrogen) atoms. The third-order valence-corrected chi connectivity index (χ3v) is 3.01. The highest BCUT2D eigenvalue weighted by molar-refractivity contribution is 9.10. The molecule has 0 aliphatic carbocycles. The van der Waals surface area contributed by atoms with Crippen molar-refractivity contribution in [2.45, 2.75) is 32.2 Å². The molecule has 0 bridgehead atoms. The van der Waals surface area contributed by atoms with Crippen LogP contribution in [-0.4, -0.2) is 6.54 Å². The van der Waals surface area contributed by atoms with Gasteiger partial charge in [-0.3, -0.25) is 0 Å². The van der Waals surface area contributed by atoms with E-state index in [4.69, 9.17) is 5.26 Å². The van der Waals surface area contributed by atoms with Gasteiger partial charge in [-0.1, -0.05) is 28.1 Å². The van der Waals surface area contributed by atoms with Gasteiger partial charge in [-0.05, 0) is 44.0 Å². The molecule has 0 saturated carbocycles. The highest BCUT2D eigenvalue weighted by Gasteiger charge is 2.03. The zero-order valence-corrected chi connectivity index (χ0v) is 11.1. The highest BCUT2D eigenvalue weighted by Crippen LogP contribution is 2.17. The molecule has 0 aliphatic rings. The normalized spacial score (nSPS) is 12.1. The summed E-state index contributed by atoms with van der Waals surface area (Å²) in [6, 6.07) is 10.9. The fraction of sp³-hybridized carbons (Fsp3) is 0.462. The standard InChI is InChI=1S/C13H17BrN2/c1-11(16-9-4-2-3-8-15)12-6-5-7-13(14)10-12/h5-7,10-11,16H,2-4,9H2,1H3. The third-order valence-electron chi connectivity index (χ3n) is 2.51. The summed E-state index contributed by atoms with van der Waals surface area (Å²) in [5, 5.41) is 11.9. The number of halogens is 1. The first-order valence-electron chi connectivity index (χ1n) is 5.60. The van der Waals surface area contributed by atoms with Crippen LogP contribution in [-0.2, 0) is 0 Å². The number of benzene rings is 1. The van der Waals surface area contributed by atoms with Crippen LogP contribution in [0.15, 0.2) is 28.7 Å². The molecule has 1 aromatic rings. The minimum atomic E-state index is 0.361. The summed E-state index contributed by atoms with van der Waals surface area (Å²) in [6.07, 6.45) is 2.70. The highest BCUT2D eigenvalue weighted by atomic mass is 79.9. The van der Waals surface area contributed by atoms with Gasteiger partial charge in [0.1, 0.15) is 0 Å². The maximum atomic E-state index is 8.41. The van der Waals surface area contributed by atoms with Gasteiger partial charge in [-0.2, -0.15) is 5.26 Å². The van der Waals surface area contributed by atoms with Gasteiger partial charge in [-0.25, -0.2) is 0 Å². The molecule has 3 heteroatoms. The van der Waals surface area contributed by atoms with Crippen molar-refractivity contribution in [2.75, 3.05) is 6.54 Å². The predicted molar refractivity (Wildman–Crippen MR) is 70.0 cm³/mol. The van der Waals surface area contributed by atoms with Crippen molar-refractivity contribution < 1.29 is 0 Å². The molecule has 1 rings (SSSR count). The molecular weight excluding hydrogens is 264 g/mol. The first-order chi connectivity index (χ1) is 7.74. The lowest BCUT2D eigenvalue weighted by molar-refractivity contribution is 0.549. The molecule has 1 unspecified atom stereocenters. The monoisotopic (exact) mass is 280 g/mol.